The molecule has 6 nitrogen and oxygen atoms in total. The fraction of sp³-hybridized carbons (Fsp3) is 0.316. The van der Waals surface area contributed by atoms with E-state index in [1.165, 1.54) is 24.3 Å². The predicted molar refractivity (Wildman–Crippen MR) is 98.0 cm³/mol. The van der Waals surface area contributed by atoms with Gasteiger partial charge in [0.25, 0.3) is 0 Å². The summed E-state index contributed by atoms with van der Waals surface area (Å²) in [7, 11) is -1.78. The molecule has 7 heteroatoms. The van der Waals surface area contributed by atoms with Gasteiger partial charge in [0.05, 0.1) is 15.4 Å². The van der Waals surface area contributed by atoms with Crippen LogP contribution in [-0.4, -0.2) is 45.5 Å². The number of hydrogen-bond acceptors (Lipinski definition) is 5. The van der Waals surface area contributed by atoms with Gasteiger partial charge in [-0.3, -0.25) is 4.79 Å². The van der Waals surface area contributed by atoms with Crippen LogP contribution in [0.5, 0.6) is 5.75 Å². The molecule has 1 saturated heterocycles. The molecule has 1 fully saturated rings. The van der Waals surface area contributed by atoms with Crippen LogP contribution in [0, 0.1) is 0 Å². The number of likely N-dealkylation sites (N-methyl/N-ethyl adjacent to an activating group) is 1. The zero-order valence-electron chi connectivity index (χ0n) is 14.6. The van der Waals surface area contributed by atoms with Gasteiger partial charge in [0, 0.05) is 6.54 Å². The van der Waals surface area contributed by atoms with Gasteiger partial charge in [0.1, 0.15) is 11.9 Å². The molecule has 1 amide bonds. The molecule has 1 atom stereocenters. The summed E-state index contributed by atoms with van der Waals surface area (Å²) >= 11 is 0. The number of carbonyl (C=O) groups is 1. The highest BCUT2D eigenvalue weighted by Gasteiger charge is 2.24. The number of rotatable bonds is 5. The Kier molecular flexibility index (Phi) is 5.29. The molecule has 2 aromatic rings. The average Bonchev–Trinajstić information content (AvgIpc) is 2.62. The summed E-state index contributed by atoms with van der Waals surface area (Å²) in [4.78, 5) is 13.8. The van der Waals surface area contributed by atoms with Crippen LogP contribution in [-0.2, 0) is 9.84 Å². The van der Waals surface area contributed by atoms with Crippen molar-refractivity contribution in [3.63, 3.8) is 0 Å². The maximum absolute atomic E-state index is 12.8. The van der Waals surface area contributed by atoms with Gasteiger partial charge >= 0.3 is 0 Å². The van der Waals surface area contributed by atoms with Crippen LogP contribution < -0.4 is 10.5 Å². The van der Waals surface area contributed by atoms with Gasteiger partial charge in [-0.15, -0.1) is 0 Å². The Morgan fingerprint density at radius 3 is 2.50 bits per heavy atom. The minimum atomic E-state index is -3.84. The third kappa shape index (κ3) is 3.89. The summed E-state index contributed by atoms with van der Waals surface area (Å²) in [5.74, 6) is -0.141. The van der Waals surface area contributed by atoms with E-state index in [2.05, 4.69) is 11.9 Å². The Hall–Kier alpha value is -2.38. The third-order valence-corrected chi connectivity index (χ3v) is 6.29. The van der Waals surface area contributed by atoms with E-state index in [9.17, 15) is 13.2 Å². The van der Waals surface area contributed by atoms with E-state index in [0.717, 1.165) is 25.9 Å². The van der Waals surface area contributed by atoms with Crippen molar-refractivity contribution in [3.8, 4) is 5.75 Å². The summed E-state index contributed by atoms with van der Waals surface area (Å²) in [6.45, 7) is 1.92. The second-order valence-electron chi connectivity index (χ2n) is 6.48. The van der Waals surface area contributed by atoms with Gasteiger partial charge in [-0.2, -0.15) is 0 Å². The Bertz CT molecular complexity index is 894. The lowest BCUT2D eigenvalue weighted by molar-refractivity contribution is 0.0997. The smallest absolute Gasteiger partial charge is 0.250 e. The number of carbonyl (C=O) groups excluding carboxylic acids is 1. The minimum absolute atomic E-state index is 0.0157. The number of piperidine rings is 1. The summed E-state index contributed by atoms with van der Waals surface area (Å²) in [6, 6.07) is 12.2. The lowest BCUT2D eigenvalue weighted by atomic mass is 10.1. The zero-order valence-corrected chi connectivity index (χ0v) is 15.4. The van der Waals surface area contributed by atoms with Crippen molar-refractivity contribution >= 4 is 15.7 Å². The van der Waals surface area contributed by atoms with Crippen LogP contribution in [0.1, 0.15) is 23.2 Å². The summed E-state index contributed by atoms with van der Waals surface area (Å²) in [5, 5.41) is 0. The number of hydrogen-bond donors (Lipinski definition) is 1. The first-order valence-corrected chi connectivity index (χ1v) is 9.95. The van der Waals surface area contributed by atoms with E-state index in [1.54, 1.807) is 24.3 Å². The lowest BCUT2D eigenvalue weighted by Gasteiger charge is -2.30. The fourth-order valence-corrected chi connectivity index (χ4v) is 4.60. The molecule has 2 aromatic carbocycles. The summed E-state index contributed by atoms with van der Waals surface area (Å²) in [6.07, 6.45) is 2.17. The van der Waals surface area contributed by atoms with E-state index in [-0.39, 0.29) is 21.5 Å². The number of primary amides is 1. The highest BCUT2D eigenvalue weighted by atomic mass is 32.2. The average molecular weight is 374 g/mol. The van der Waals surface area contributed by atoms with Gasteiger partial charge in [-0.05, 0) is 62.8 Å². The maximum Gasteiger partial charge on any atom is 0.250 e. The van der Waals surface area contributed by atoms with E-state index >= 15 is 0 Å². The molecule has 1 aliphatic heterocycles. The van der Waals surface area contributed by atoms with Gasteiger partial charge in [0.2, 0.25) is 15.7 Å². The highest BCUT2D eigenvalue weighted by Crippen LogP contribution is 2.26. The Balaban J connectivity index is 1.83. The van der Waals surface area contributed by atoms with Crippen molar-refractivity contribution in [2.75, 3.05) is 20.1 Å². The number of ether oxygens (including phenoxy) is 1. The molecule has 1 unspecified atom stereocenters. The van der Waals surface area contributed by atoms with Crippen LogP contribution in [0.25, 0.3) is 0 Å². The number of benzene rings is 2. The molecule has 0 saturated carbocycles. The van der Waals surface area contributed by atoms with Crippen LogP contribution in [0.15, 0.2) is 58.3 Å². The Morgan fingerprint density at radius 1 is 1.15 bits per heavy atom. The number of sulfone groups is 1. The molecular formula is C19H22N2O4S. The molecule has 0 radical (unpaired) electrons. The van der Waals surface area contributed by atoms with Crippen LogP contribution in [0.3, 0.4) is 0 Å². The number of amides is 1. The topological polar surface area (TPSA) is 89.7 Å². The van der Waals surface area contributed by atoms with E-state index < -0.39 is 15.7 Å². The first-order valence-electron chi connectivity index (χ1n) is 8.47. The minimum Gasteiger partial charge on any atom is -0.489 e. The number of nitrogens with two attached hydrogens (primary N) is 1. The normalized spacial score (nSPS) is 18.4. The quantitative estimate of drug-likeness (QED) is 0.865. The monoisotopic (exact) mass is 374 g/mol. The molecule has 1 heterocycles. The standard InChI is InChI=1S/C19H22N2O4S/c1-21-12-4-5-15(13-21)25-14-8-10-16(11-9-14)26(23,24)18-7-3-2-6-17(18)19(20)22/h2-3,6-11,15H,4-5,12-13H2,1H3,(H2,20,22). The SMILES string of the molecule is CN1CCCC(Oc2ccc(S(=O)(=O)c3ccccc3C(N)=O)cc2)C1. The third-order valence-electron chi connectivity index (χ3n) is 4.46. The summed E-state index contributed by atoms with van der Waals surface area (Å²) < 4.78 is 31.6. The second-order valence-corrected chi connectivity index (χ2v) is 8.40. The van der Waals surface area contributed by atoms with Gasteiger partial charge < -0.3 is 15.4 Å². The first-order chi connectivity index (χ1) is 12.4. The molecule has 26 heavy (non-hydrogen) atoms. The van der Waals surface area contributed by atoms with Crippen molar-refractivity contribution in [3.05, 3.63) is 54.1 Å². The number of nitrogens with zero attached hydrogens (tertiary/aromatic N) is 1. The largest absolute Gasteiger partial charge is 0.489 e. The lowest BCUT2D eigenvalue weighted by Crippen LogP contribution is -2.38. The molecule has 1 aliphatic rings. The molecule has 0 bridgehead atoms. The van der Waals surface area contributed by atoms with E-state index in [0.29, 0.717) is 5.75 Å². The molecular weight excluding hydrogens is 352 g/mol. The molecule has 2 N–H and O–H groups in total. The zero-order chi connectivity index (χ0) is 18.7. The number of likely N-dealkylation sites (tertiary alicyclic amines) is 1. The summed E-state index contributed by atoms with van der Waals surface area (Å²) in [5.41, 5.74) is 5.29. The van der Waals surface area contributed by atoms with Crippen LogP contribution in [0.2, 0.25) is 0 Å². The molecule has 0 spiro atoms. The van der Waals surface area contributed by atoms with Gasteiger partial charge in [-0.25, -0.2) is 8.42 Å². The van der Waals surface area contributed by atoms with E-state index in [1.807, 2.05) is 0 Å². The van der Waals surface area contributed by atoms with Gasteiger partial charge in [0.15, 0.2) is 0 Å². The van der Waals surface area contributed by atoms with Crippen molar-refractivity contribution in [1.82, 2.24) is 4.90 Å². The molecule has 3 rings (SSSR count). The molecule has 0 aliphatic carbocycles. The van der Waals surface area contributed by atoms with Crippen LogP contribution in [0.4, 0.5) is 0 Å². The molecule has 138 valence electrons. The van der Waals surface area contributed by atoms with Crippen molar-refractivity contribution in [1.29, 1.82) is 0 Å². The van der Waals surface area contributed by atoms with Gasteiger partial charge in [-0.1, -0.05) is 12.1 Å². The Morgan fingerprint density at radius 2 is 1.85 bits per heavy atom. The van der Waals surface area contributed by atoms with Crippen molar-refractivity contribution in [2.45, 2.75) is 28.7 Å². The highest BCUT2D eigenvalue weighted by molar-refractivity contribution is 7.91. The predicted octanol–water partition coefficient (Wildman–Crippen LogP) is 2.09. The first kappa shape index (κ1) is 18.4. The Labute approximate surface area is 153 Å². The molecule has 0 aromatic heterocycles. The maximum atomic E-state index is 12.8. The van der Waals surface area contributed by atoms with E-state index in [4.69, 9.17) is 10.5 Å². The second kappa shape index (κ2) is 7.47. The van der Waals surface area contributed by atoms with Crippen LogP contribution >= 0.6 is 0 Å². The fourth-order valence-electron chi connectivity index (χ4n) is 3.14. The van der Waals surface area contributed by atoms with Crippen molar-refractivity contribution in [2.24, 2.45) is 5.73 Å². The van der Waals surface area contributed by atoms with Crippen molar-refractivity contribution < 1.29 is 17.9 Å².